The summed E-state index contributed by atoms with van der Waals surface area (Å²) in [7, 11) is 1.61. The number of rotatable bonds is 6. The van der Waals surface area contributed by atoms with E-state index in [9.17, 15) is 14.7 Å². The van der Waals surface area contributed by atoms with E-state index >= 15 is 0 Å². The van der Waals surface area contributed by atoms with E-state index in [4.69, 9.17) is 4.74 Å². The molecule has 1 aromatic rings. The van der Waals surface area contributed by atoms with E-state index in [1.165, 1.54) is 19.3 Å². The second-order valence-electron chi connectivity index (χ2n) is 11.7. The SMILES string of the molecule is COc1ccc(C(=O)N[C@H]2CC[C@@]3(C)CC[C@H]([C@H](C)C(=O)NC4CCCCC4)[C@H](O)[C@H]3[C@H]2C)cc1. The lowest BCUT2D eigenvalue weighted by Crippen LogP contribution is -2.58. The number of ether oxygens (including phenoxy) is 1. The van der Waals surface area contributed by atoms with Gasteiger partial charge in [0.2, 0.25) is 5.91 Å². The van der Waals surface area contributed by atoms with Gasteiger partial charge in [-0.05, 0) is 86.0 Å². The van der Waals surface area contributed by atoms with Crippen LogP contribution in [0.5, 0.6) is 5.75 Å². The summed E-state index contributed by atoms with van der Waals surface area (Å²) in [6, 6.07) is 7.45. The van der Waals surface area contributed by atoms with E-state index in [0.29, 0.717) is 5.56 Å². The van der Waals surface area contributed by atoms with Crippen molar-refractivity contribution in [1.29, 1.82) is 0 Å². The van der Waals surface area contributed by atoms with E-state index in [0.717, 1.165) is 44.3 Å². The second-order valence-corrected chi connectivity index (χ2v) is 11.7. The molecular formula is C29H44N2O4. The molecule has 3 aliphatic carbocycles. The molecule has 0 heterocycles. The van der Waals surface area contributed by atoms with Crippen molar-refractivity contribution in [2.24, 2.45) is 29.1 Å². The van der Waals surface area contributed by atoms with Gasteiger partial charge in [0.25, 0.3) is 5.91 Å². The Balaban J connectivity index is 1.42. The van der Waals surface area contributed by atoms with E-state index in [2.05, 4.69) is 24.5 Å². The van der Waals surface area contributed by atoms with Crippen molar-refractivity contribution in [3.8, 4) is 5.75 Å². The molecule has 1 aromatic carbocycles. The zero-order chi connectivity index (χ0) is 25.2. The molecule has 0 saturated heterocycles. The first-order chi connectivity index (χ1) is 16.7. The fourth-order valence-electron chi connectivity index (χ4n) is 7.27. The summed E-state index contributed by atoms with van der Waals surface area (Å²) in [6.07, 6.45) is 9.01. The second kappa shape index (κ2) is 10.9. The highest BCUT2D eigenvalue weighted by Gasteiger charge is 2.54. The van der Waals surface area contributed by atoms with E-state index in [1.54, 1.807) is 31.4 Å². The van der Waals surface area contributed by atoms with Crippen molar-refractivity contribution >= 4 is 11.8 Å². The molecule has 3 N–H and O–H groups in total. The molecule has 3 saturated carbocycles. The van der Waals surface area contributed by atoms with Gasteiger partial charge in [-0.2, -0.15) is 0 Å². The molecule has 2 amide bonds. The third-order valence-electron chi connectivity index (χ3n) is 9.56. The summed E-state index contributed by atoms with van der Waals surface area (Å²) in [5, 5.41) is 18.2. The minimum absolute atomic E-state index is 0.00227. The first-order valence-corrected chi connectivity index (χ1v) is 13.7. The van der Waals surface area contributed by atoms with Crippen LogP contribution < -0.4 is 15.4 Å². The minimum atomic E-state index is -0.545. The van der Waals surface area contributed by atoms with Crippen LogP contribution in [0.3, 0.4) is 0 Å². The highest BCUT2D eigenvalue weighted by Crippen LogP contribution is 2.55. The fraction of sp³-hybridized carbons (Fsp3) is 0.724. The molecule has 3 aliphatic rings. The highest BCUT2D eigenvalue weighted by molar-refractivity contribution is 5.94. The Morgan fingerprint density at radius 3 is 2.34 bits per heavy atom. The summed E-state index contributed by atoms with van der Waals surface area (Å²) >= 11 is 0. The third-order valence-corrected chi connectivity index (χ3v) is 9.56. The number of aliphatic hydroxyl groups excluding tert-OH is 1. The largest absolute Gasteiger partial charge is 0.497 e. The van der Waals surface area contributed by atoms with E-state index in [-0.39, 0.29) is 53.0 Å². The normalized spacial score (nSPS) is 34.4. The molecule has 6 heteroatoms. The molecule has 3 fully saturated rings. The molecular weight excluding hydrogens is 440 g/mol. The molecule has 0 radical (unpaired) electrons. The topological polar surface area (TPSA) is 87.7 Å². The molecule has 35 heavy (non-hydrogen) atoms. The maximum Gasteiger partial charge on any atom is 0.251 e. The number of nitrogens with one attached hydrogen (secondary N) is 2. The Hall–Kier alpha value is -2.08. The van der Waals surface area contributed by atoms with Crippen LogP contribution in [0, 0.1) is 29.1 Å². The number of carbonyl (C=O) groups excluding carboxylic acids is 2. The van der Waals surface area contributed by atoms with Crippen molar-refractivity contribution in [3.63, 3.8) is 0 Å². The Kier molecular flexibility index (Phi) is 8.09. The van der Waals surface area contributed by atoms with Gasteiger partial charge in [0.05, 0.1) is 13.2 Å². The Morgan fingerprint density at radius 1 is 1.03 bits per heavy atom. The van der Waals surface area contributed by atoms with Gasteiger partial charge in [-0.25, -0.2) is 0 Å². The van der Waals surface area contributed by atoms with Crippen LogP contribution in [0.1, 0.15) is 88.9 Å². The Labute approximate surface area is 210 Å². The number of carbonyl (C=O) groups is 2. The zero-order valence-corrected chi connectivity index (χ0v) is 21.9. The predicted octanol–water partition coefficient (Wildman–Crippen LogP) is 4.70. The van der Waals surface area contributed by atoms with Gasteiger partial charge in [-0.1, -0.05) is 40.0 Å². The van der Waals surface area contributed by atoms with Gasteiger partial charge < -0.3 is 20.5 Å². The number of hydrogen-bond acceptors (Lipinski definition) is 4. The molecule has 0 aromatic heterocycles. The van der Waals surface area contributed by atoms with Gasteiger partial charge >= 0.3 is 0 Å². The molecule has 6 nitrogen and oxygen atoms in total. The van der Waals surface area contributed by atoms with Crippen LogP contribution in [0.4, 0.5) is 0 Å². The maximum atomic E-state index is 13.1. The van der Waals surface area contributed by atoms with Crippen LogP contribution in [0.15, 0.2) is 24.3 Å². The van der Waals surface area contributed by atoms with E-state index in [1.807, 2.05) is 6.92 Å². The highest BCUT2D eigenvalue weighted by atomic mass is 16.5. The lowest BCUT2D eigenvalue weighted by atomic mass is 9.51. The van der Waals surface area contributed by atoms with Crippen LogP contribution in [-0.2, 0) is 4.79 Å². The van der Waals surface area contributed by atoms with Crippen molar-refractivity contribution in [1.82, 2.24) is 10.6 Å². The number of hydrogen-bond donors (Lipinski definition) is 3. The predicted molar refractivity (Wildman–Crippen MR) is 137 cm³/mol. The van der Waals surface area contributed by atoms with Crippen LogP contribution in [-0.4, -0.2) is 42.2 Å². The van der Waals surface area contributed by atoms with Gasteiger partial charge in [-0.15, -0.1) is 0 Å². The summed E-state index contributed by atoms with van der Waals surface area (Å²) in [4.78, 5) is 26.1. The van der Waals surface area contributed by atoms with E-state index < -0.39 is 6.10 Å². The molecule has 4 rings (SSSR count). The standard InChI is InChI=1S/C29H44N2O4/c1-18(27(33)30-21-8-6-5-7-9-21)23-14-16-29(3)17-15-24(19(2)25(29)26(23)32)31-28(34)20-10-12-22(35-4)13-11-20/h10-13,18-19,21,23-26,32H,5-9,14-17H2,1-4H3,(H,30,33)(H,31,34)/t18-,19-,23+,24-,25+,26-,29+/m0/s1. The summed E-state index contributed by atoms with van der Waals surface area (Å²) in [6.45, 7) is 6.45. The summed E-state index contributed by atoms with van der Waals surface area (Å²) in [5.41, 5.74) is 0.650. The molecule has 7 atom stereocenters. The van der Waals surface area contributed by atoms with Crippen LogP contribution >= 0.6 is 0 Å². The molecule has 0 aliphatic heterocycles. The van der Waals surface area contributed by atoms with Gasteiger partial charge in [0.1, 0.15) is 5.75 Å². The maximum absolute atomic E-state index is 13.1. The lowest BCUT2D eigenvalue weighted by Gasteiger charge is -2.56. The minimum Gasteiger partial charge on any atom is -0.497 e. The van der Waals surface area contributed by atoms with Crippen LogP contribution in [0.25, 0.3) is 0 Å². The van der Waals surface area contributed by atoms with Crippen molar-refractivity contribution in [2.45, 2.75) is 96.7 Å². The number of methoxy groups -OCH3 is 1. The molecule has 0 spiro atoms. The van der Waals surface area contributed by atoms with Crippen LogP contribution in [0.2, 0.25) is 0 Å². The number of aliphatic hydroxyl groups is 1. The average Bonchev–Trinajstić information content (AvgIpc) is 2.86. The third kappa shape index (κ3) is 5.52. The molecule has 0 bridgehead atoms. The van der Waals surface area contributed by atoms with Crippen molar-refractivity contribution in [2.75, 3.05) is 7.11 Å². The molecule has 0 unspecified atom stereocenters. The number of amides is 2. The smallest absolute Gasteiger partial charge is 0.251 e. The van der Waals surface area contributed by atoms with Crippen molar-refractivity contribution < 1.29 is 19.4 Å². The summed E-state index contributed by atoms with van der Waals surface area (Å²) < 4.78 is 5.20. The number of fused-ring (bicyclic) bond motifs is 1. The average molecular weight is 485 g/mol. The molecule has 194 valence electrons. The lowest BCUT2D eigenvalue weighted by molar-refractivity contribution is -0.142. The first kappa shape index (κ1) is 26.0. The number of benzene rings is 1. The Morgan fingerprint density at radius 2 is 1.69 bits per heavy atom. The van der Waals surface area contributed by atoms with Crippen molar-refractivity contribution in [3.05, 3.63) is 29.8 Å². The Bertz CT molecular complexity index is 881. The summed E-state index contributed by atoms with van der Waals surface area (Å²) in [5.74, 6) is 0.658. The fourth-order valence-corrected chi connectivity index (χ4v) is 7.27. The first-order valence-electron chi connectivity index (χ1n) is 13.7. The van der Waals surface area contributed by atoms with Gasteiger partial charge in [0.15, 0.2) is 0 Å². The zero-order valence-electron chi connectivity index (χ0n) is 21.9. The van der Waals surface area contributed by atoms with Gasteiger partial charge in [-0.3, -0.25) is 9.59 Å². The van der Waals surface area contributed by atoms with Gasteiger partial charge in [0, 0.05) is 23.6 Å². The quantitative estimate of drug-likeness (QED) is 0.546. The monoisotopic (exact) mass is 484 g/mol.